The molecule has 0 bridgehead atoms. The van der Waals surface area contributed by atoms with Crippen molar-refractivity contribution in [3.8, 4) is 0 Å². The molecule has 8 N–H and O–H groups in total. The molecule has 0 fully saturated rings. The van der Waals surface area contributed by atoms with Gasteiger partial charge in [0.05, 0.1) is 18.8 Å². The Labute approximate surface area is 172 Å². The van der Waals surface area contributed by atoms with Gasteiger partial charge >= 0.3 is 5.97 Å². The Morgan fingerprint density at radius 2 is 1.64 bits per heavy atom. The molecule has 0 saturated heterocycles. The second kappa shape index (κ2) is 13.6. The van der Waals surface area contributed by atoms with Gasteiger partial charge in [-0.25, -0.2) is 4.79 Å². The fourth-order valence-corrected chi connectivity index (χ4v) is 2.70. The summed E-state index contributed by atoms with van der Waals surface area (Å²) in [7, 11) is 0. The van der Waals surface area contributed by atoms with Gasteiger partial charge in [-0.15, -0.1) is 0 Å². The average molecular weight is 441 g/mol. The number of thiol groups is 1. The summed E-state index contributed by atoms with van der Waals surface area (Å²) in [4.78, 5) is 47.5. The molecule has 0 saturated carbocycles. The lowest BCUT2D eigenvalue weighted by atomic mass is 10.1. The van der Waals surface area contributed by atoms with Crippen molar-refractivity contribution in [2.45, 2.75) is 43.6 Å². The van der Waals surface area contributed by atoms with Crippen molar-refractivity contribution in [3.05, 3.63) is 0 Å². The maximum Gasteiger partial charge on any atom is 0.328 e. The van der Waals surface area contributed by atoms with Crippen LogP contribution in [-0.4, -0.2) is 93.7 Å². The second-order valence-electron chi connectivity index (χ2n) is 5.94. The van der Waals surface area contributed by atoms with Crippen molar-refractivity contribution in [1.82, 2.24) is 16.0 Å². The van der Waals surface area contributed by atoms with Gasteiger partial charge in [0.25, 0.3) is 0 Å². The number of nitrogens with one attached hydrogen (secondary N) is 3. The van der Waals surface area contributed by atoms with Gasteiger partial charge in [0.1, 0.15) is 18.1 Å². The molecule has 5 atom stereocenters. The lowest BCUT2D eigenvalue weighted by molar-refractivity contribution is -0.144. The highest BCUT2D eigenvalue weighted by atomic mass is 32.2. The number of carboxylic acids is 1. The van der Waals surface area contributed by atoms with Gasteiger partial charge in [-0.2, -0.15) is 24.4 Å². The maximum absolute atomic E-state index is 12.4. The van der Waals surface area contributed by atoms with E-state index in [1.165, 1.54) is 18.7 Å². The normalized spacial score (nSPS) is 16.2. The number of carbonyl (C=O) groups is 4. The summed E-state index contributed by atoms with van der Waals surface area (Å²) in [6, 6.07) is -5.05. The van der Waals surface area contributed by atoms with Gasteiger partial charge in [-0.05, 0) is 25.4 Å². The van der Waals surface area contributed by atoms with Crippen LogP contribution in [0.5, 0.6) is 0 Å². The van der Waals surface area contributed by atoms with E-state index in [2.05, 4.69) is 23.3 Å². The van der Waals surface area contributed by atoms with Crippen molar-refractivity contribution in [2.75, 3.05) is 24.4 Å². The van der Waals surface area contributed by atoms with Crippen LogP contribution in [0, 0.1) is 0 Å². The van der Waals surface area contributed by atoms with E-state index in [0.717, 1.165) is 0 Å². The Hall–Kier alpha value is -1.54. The van der Waals surface area contributed by atoms with E-state index in [9.17, 15) is 24.3 Å². The molecule has 0 aromatic rings. The molecule has 0 aromatic heterocycles. The number of aliphatic hydroxyl groups is 2. The molecule has 5 unspecified atom stereocenters. The molecule has 0 aliphatic carbocycles. The third kappa shape index (κ3) is 9.10. The molecule has 3 amide bonds. The van der Waals surface area contributed by atoms with Gasteiger partial charge in [-0.3, -0.25) is 14.4 Å². The predicted molar refractivity (Wildman–Crippen MR) is 107 cm³/mol. The molecule has 0 aliphatic heterocycles. The fourth-order valence-electron chi connectivity index (χ4n) is 1.95. The molecular weight excluding hydrogens is 412 g/mol. The smallest absolute Gasteiger partial charge is 0.328 e. The van der Waals surface area contributed by atoms with E-state index in [1.807, 2.05) is 11.6 Å². The topological polar surface area (TPSA) is 191 Å². The van der Waals surface area contributed by atoms with Crippen LogP contribution in [0.4, 0.5) is 0 Å². The Morgan fingerprint density at radius 1 is 1.07 bits per heavy atom. The van der Waals surface area contributed by atoms with Crippen LogP contribution in [0.25, 0.3) is 0 Å². The summed E-state index contributed by atoms with van der Waals surface area (Å²) in [6.07, 6.45) is 0.892. The standard InChI is InChI=1S/C15H28N4O7S2/c1-7(21)11(14(24)17-9(5-20)15(25)26)19-13(23)10(6-27)18-12(22)8(16)3-4-28-2/h7-11,20-21,27H,3-6,16H2,1-2H3,(H,17,24)(H,18,22)(H,19,23)(H,25,26). The summed E-state index contributed by atoms with van der Waals surface area (Å²) in [6.45, 7) is 0.344. The largest absolute Gasteiger partial charge is 0.480 e. The van der Waals surface area contributed by atoms with Crippen molar-refractivity contribution in [3.63, 3.8) is 0 Å². The SMILES string of the molecule is CSCCC(N)C(=O)NC(CS)C(=O)NC(C(=O)NC(CO)C(=O)O)C(C)O. The number of thioether (sulfide) groups is 1. The molecule has 0 aliphatic rings. The molecule has 11 nitrogen and oxygen atoms in total. The van der Waals surface area contributed by atoms with Crippen molar-refractivity contribution in [2.24, 2.45) is 5.73 Å². The number of amides is 3. The molecule has 0 spiro atoms. The summed E-state index contributed by atoms with van der Waals surface area (Å²) in [5.74, 6) is -3.30. The fraction of sp³-hybridized carbons (Fsp3) is 0.733. The third-order valence-corrected chi connectivity index (χ3v) is 4.65. The van der Waals surface area contributed by atoms with Crippen LogP contribution in [0.3, 0.4) is 0 Å². The van der Waals surface area contributed by atoms with Gasteiger partial charge in [0.15, 0.2) is 0 Å². The second-order valence-corrected chi connectivity index (χ2v) is 7.29. The van der Waals surface area contributed by atoms with Gasteiger partial charge in [0, 0.05) is 5.75 Å². The highest BCUT2D eigenvalue weighted by Crippen LogP contribution is 2.01. The van der Waals surface area contributed by atoms with Crippen molar-refractivity contribution in [1.29, 1.82) is 0 Å². The van der Waals surface area contributed by atoms with Crippen LogP contribution in [0.15, 0.2) is 0 Å². The number of rotatable bonds is 13. The van der Waals surface area contributed by atoms with Crippen LogP contribution in [-0.2, 0) is 19.2 Å². The summed E-state index contributed by atoms with van der Waals surface area (Å²) in [5, 5.41) is 34.3. The van der Waals surface area contributed by atoms with Crippen LogP contribution < -0.4 is 21.7 Å². The number of carbonyl (C=O) groups excluding carboxylic acids is 3. The maximum atomic E-state index is 12.4. The van der Waals surface area contributed by atoms with E-state index >= 15 is 0 Å². The van der Waals surface area contributed by atoms with E-state index in [4.69, 9.17) is 15.9 Å². The number of aliphatic carboxylic acids is 1. The minimum absolute atomic E-state index is 0.102. The van der Waals surface area contributed by atoms with Gasteiger partial charge < -0.3 is 37.0 Å². The first-order valence-electron chi connectivity index (χ1n) is 8.37. The quantitative estimate of drug-likeness (QED) is 0.137. The van der Waals surface area contributed by atoms with Crippen LogP contribution in [0.2, 0.25) is 0 Å². The van der Waals surface area contributed by atoms with Crippen LogP contribution in [0.1, 0.15) is 13.3 Å². The molecule has 13 heteroatoms. The zero-order chi connectivity index (χ0) is 21.9. The first kappa shape index (κ1) is 26.5. The Bertz CT molecular complexity index is 550. The zero-order valence-corrected chi connectivity index (χ0v) is 17.3. The molecule has 28 heavy (non-hydrogen) atoms. The lowest BCUT2D eigenvalue weighted by Gasteiger charge is -2.25. The Balaban J connectivity index is 5.02. The minimum Gasteiger partial charge on any atom is -0.480 e. The Morgan fingerprint density at radius 3 is 2.07 bits per heavy atom. The molecular formula is C15H28N4O7S2. The van der Waals surface area contributed by atoms with Crippen molar-refractivity contribution < 1.29 is 34.5 Å². The monoisotopic (exact) mass is 440 g/mol. The highest BCUT2D eigenvalue weighted by molar-refractivity contribution is 7.98. The van der Waals surface area contributed by atoms with E-state index in [0.29, 0.717) is 12.2 Å². The first-order chi connectivity index (χ1) is 13.1. The predicted octanol–water partition coefficient (Wildman–Crippen LogP) is -3.09. The van der Waals surface area contributed by atoms with Crippen LogP contribution >= 0.6 is 24.4 Å². The van der Waals surface area contributed by atoms with Crippen molar-refractivity contribution >= 4 is 48.1 Å². The van der Waals surface area contributed by atoms with E-state index in [1.54, 1.807) is 0 Å². The Kier molecular flexibility index (Phi) is 12.9. The number of nitrogens with two attached hydrogens (primary N) is 1. The summed E-state index contributed by atoms with van der Waals surface area (Å²) in [5.41, 5.74) is 5.74. The van der Waals surface area contributed by atoms with E-state index < -0.39 is 60.6 Å². The molecule has 0 radical (unpaired) electrons. The molecule has 0 rings (SSSR count). The lowest BCUT2D eigenvalue weighted by Crippen LogP contribution is -2.60. The number of carboxylic acid groups (broad SMARTS) is 1. The molecule has 0 aromatic carbocycles. The average Bonchev–Trinajstić information content (AvgIpc) is 2.64. The number of hydrogen-bond acceptors (Lipinski definition) is 9. The van der Waals surface area contributed by atoms with E-state index in [-0.39, 0.29) is 5.75 Å². The third-order valence-electron chi connectivity index (χ3n) is 3.65. The summed E-state index contributed by atoms with van der Waals surface area (Å²) < 4.78 is 0. The summed E-state index contributed by atoms with van der Waals surface area (Å²) >= 11 is 5.51. The number of aliphatic hydroxyl groups excluding tert-OH is 2. The number of hydrogen-bond donors (Lipinski definition) is 8. The minimum atomic E-state index is -1.60. The van der Waals surface area contributed by atoms with Gasteiger partial charge in [-0.1, -0.05) is 0 Å². The first-order valence-corrected chi connectivity index (χ1v) is 10.4. The van der Waals surface area contributed by atoms with Gasteiger partial charge in [0.2, 0.25) is 17.7 Å². The highest BCUT2D eigenvalue weighted by Gasteiger charge is 2.32. The molecule has 0 heterocycles. The molecule has 162 valence electrons. The zero-order valence-electron chi connectivity index (χ0n) is 15.6.